The molecule has 1 aromatic heterocycles. The van der Waals surface area contributed by atoms with Crippen LogP contribution in [0.15, 0.2) is 18.3 Å². The summed E-state index contributed by atoms with van der Waals surface area (Å²) in [6, 6.07) is 1.85. The average molecular weight is 405 g/mol. The van der Waals surface area contributed by atoms with Crippen molar-refractivity contribution in [1.82, 2.24) is 9.97 Å². The predicted molar refractivity (Wildman–Crippen MR) is 108 cm³/mol. The molecule has 0 saturated heterocycles. The smallest absolute Gasteiger partial charge is 0.249 e. The lowest BCUT2D eigenvalue weighted by Gasteiger charge is -2.39. The third-order valence-corrected chi connectivity index (χ3v) is 4.94. The van der Waals surface area contributed by atoms with Crippen LogP contribution in [0.5, 0.6) is 5.75 Å². The second-order valence-electron chi connectivity index (χ2n) is 7.45. The first kappa shape index (κ1) is 20.8. The second kappa shape index (κ2) is 8.18. The molecule has 9 heteroatoms. The lowest BCUT2D eigenvalue weighted by atomic mass is 10.1. The number of carbonyl (C=O) groups is 1. The molecule has 1 aliphatic rings. The molecule has 1 N–H and O–H groups in total. The highest BCUT2D eigenvalue weighted by atomic mass is 19.1. The van der Waals surface area contributed by atoms with Crippen molar-refractivity contribution in [2.24, 2.45) is 5.92 Å². The van der Waals surface area contributed by atoms with Crippen molar-refractivity contribution in [2.75, 3.05) is 35.8 Å². The molecule has 156 valence electrons. The fourth-order valence-electron chi connectivity index (χ4n) is 3.24. The van der Waals surface area contributed by atoms with Crippen molar-refractivity contribution in [3.05, 3.63) is 30.0 Å². The fraction of sp³-hybridized carbons (Fsp3) is 0.450. The topological polar surface area (TPSA) is 70.6 Å². The SMILES string of the molecule is COc1c(F)cc(Nc2ncc3c(n2)N(CCC(C)C)C(C)C(=O)N3C)cc1F. The van der Waals surface area contributed by atoms with Gasteiger partial charge < -0.3 is 19.9 Å². The number of methoxy groups -OCH3 is 1. The van der Waals surface area contributed by atoms with Crippen molar-refractivity contribution in [1.29, 1.82) is 0 Å². The van der Waals surface area contributed by atoms with Crippen LogP contribution in [0.4, 0.5) is 31.9 Å². The molecule has 0 saturated carbocycles. The van der Waals surface area contributed by atoms with Crippen LogP contribution in [0.3, 0.4) is 0 Å². The van der Waals surface area contributed by atoms with Gasteiger partial charge in [0.25, 0.3) is 0 Å². The zero-order valence-corrected chi connectivity index (χ0v) is 17.2. The number of anilines is 4. The maximum Gasteiger partial charge on any atom is 0.249 e. The quantitative estimate of drug-likeness (QED) is 0.790. The van der Waals surface area contributed by atoms with Gasteiger partial charge >= 0.3 is 0 Å². The molecule has 29 heavy (non-hydrogen) atoms. The van der Waals surface area contributed by atoms with E-state index in [1.807, 2.05) is 11.8 Å². The molecule has 0 radical (unpaired) electrons. The van der Waals surface area contributed by atoms with Gasteiger partial charge in [0.2, 0.25) is 11.9 Å². The molecule has 2 heterocycles. The summed E-state index contributed by atoms with van der Waals surface area (Å²) in [6.07, 6.45) is 2.43. The summed E-state index contributed by atoms with van der Waals surface area (Å²) in [4.78, 5) is 24.8. The monoisotopic (exact) mass is 405 g/mol. The Balaban J connectivity index is 1.95. The number of nitrogens with one attached hydrogen (secondary N) is 1. The maximum absolute atomic E-state index is 14.0. The van der Waals surface area contributed by atoms with Gasteiger partial charge in [-0.15, -0.1) is 0 Å². The maximum atomic E-state index is 14.0. The highest BCUT2D eigenvalue weighted by Gasteiger charge is 2.35. The second-order valence-corrected chi connectivity index (χ2v) is 7.45. The first-order valence-electron chi connectivity index (χ1n) is 9.44. The number of halogens is 2. The number of hydrogen-bond acceptors (Lipinski definition) is 6. The minimum atomic E-state index is -0.828. The predicted octanol–water partition coefficient (Wildman–Crippen LogP) is 3.72. The van der Waals surface area contributed by atoms with Crippen LogP contribution in [0.2, 0.25) is 0 Å². The van der Waals surface area contributed by atoms with E-state index in [1.165, 1.54) is 18.2 Å². The average Bonchev–Trinajstić information content (AvgIpc) is 2.65. The van der Waals surface area contributed by atoms with E-state index in [9.17, 15) is 13.6 Å². The zero-order chi connectivity index (χ0) is 21.3. The summed E-state index contributed by atoms with van der Waals surface area (Å²) in [7, 11) is 2.88. The number of carbonyl (C=O) groups excluding carboxylic acids is 1. The minimum Gasteiger partial charge on any atom is -0.491 e. The Morgan fingerprint density at radius 1 is 1.28 bits per heavy atom. The van der Waals surface area contributed by atoms with Crippen LogP contribution in [-0.2, 0) is 4.79 Å². The number of amides is 1. The van der Waals surface area contributed by atoms with E-state index in [-0.39, 0.29) is 23.6 Å². The molecule has 0 spiro atoms. The normalized spacial score (nSPS) is 16.3. The first-order chi connectivity index (χ1) is 13.7. The van der Waals surface area contributed by atoms with Gasteiger partial charge in [-0.25, -0.2) is 13.8 Å². The van der Waals surface area contributed by atoms with Crippen molar-refractivity contribution in [2.45, 2.75) is 33.2 Å². The molecule has 2 aromatic rings. The van der Waals surface area contributed by atoms with E-state index < -0.39 is 17.4 Å². The van der Waals surface area contributed by atoms with Gasteiger partial charge in [0.15, 0.2) is 23.2 Å². The molecule has 1 amide bonds. The number of likely N-dealkylation sites (N-methyl/N-ethyl adjacent to an activating group) is 1. The van der Waals surface area contributed by atoms with E-state index in [2.05, 4.69) is 29.1 Å². The van der Waals surface area contributed by atoms with E-state index in [0.717, 1.165) is 18.6 Å². The highest BCUT2D eigenvalue weighted by molar-refractivity contribution is 6.04. The Bertz CT molecular complexity index is 899. The summed E-state index contributed by atoms with van der Waals surface area (Å²) in [5, 5.41) is 2.83. The van der Waals surface area contributed by atoms with Crippen molar-refractivity contribution in [3.63, 3.8) is 0 Å². The Morgan fingerprint density at radius 3 is 2.52 bits per heavy atom. The minimum absolute atomic E-state index is 0.0372. The molecule has 1 aromatic carbocycles. The van der Waals surface area contributed by atoms with E-state index in [0.29, 0.717) is 24.0 Å². The van der Waals surface area contributed by atoms with E-state index in [4.69, 9.17) is 4.74 Å². The standard InChI is InChI=1S/C20H25F2N5O2/c1-11(2)6-7-27-12(3)19(28)26(4)16-10-23-20(25-18(16)27)24-13-8-14(21)17(29-5)15(22)9-13/h8-12H,6-7H2,1-5H3,(H,23,24,25). The molecule has 0 fully saturated rings. The van der Waals surface area contributed by atoms with Crippen molar-refractivity contribution < 1.29 is 18.3 Å². The molecule has 0 bridgehead atoms. The molecular formula is C20H25F2N5O2. The first-order valence-corrected chi connectivity index (χ1v) is 9.44. The summed E-state index contributed by atoms with van der Waals surface area (Å²) in [6.45, 7) is 6.73. The van der Waals surface area contributed by atoms with Gasteiger partial charge in [0.05, 0.1) is 13.3 Å². The molecule has 1 atom stereocenters. The Hall–Kier alpha value is -2.97. The molecule has 1 unspecified atom stereocenters. The summed E-state index contributed by atoms with van der Waals surface area (Å²) in [5.41, 5.74) is 0.747. The lowest BCUT2D eigenvalue weighted by Crippen LogP contribution is -2.51. The number of ether oxygens (including phenoxy) is 1. The molecule has 3 rings (SSSR count). The summed E-state index contributed by atoms with van der Waals surface area (Å²) < 4.78 is 32.6. The third-order valence-electron chi connectivity index (χ3n) is 4.94. The van der Waals surface area contributed by atoms with Gasteiger partial charge in [-0.2, -0.15) is 4.98 Å². The number of benzene rings is 1. The zero-order valence-electron chi connectivity index (χ0n) is 17.2. The van der Waals surface area contributed by atoms with Gasteiger partial charge in [-0.1, -0.05) is 13.8 Å². The van der Waals surface area contributed by atoms with Crippen LogP contribution in [0.25, 0.3) is 0 Å². The molecule has 7 nitrogen and oxygen atoms in total. The number of fused-ring (bicyclic) bond motifs is 1. The van der Waals surface area contributed by atoms with Crippen LogP contribution >= 0.6 is 0 Å². The van der Waals surface area contributed by atoms with Gasteiger partial charge in [-0.05, 0) is 19.3 Å². The number of hydrogen-bond donors (Lipinski definition) is 1. The molecule has 0 aliphatic carbocycles. The fourth-order valence-corrected chi connectivity index (χ4v) is 3.24. The van der Waals surface area contributed by atoms with Gasteiger partial charge in [-0.3, -0.25) is 4.79 Å². The number of nitrogens with zero attached hydrogens (tertiary/aromatic N) is 4. The van der Waals surface area contributed by atoms with Crippen LogP contribution in [0.1, 0.15) is 27.2 Å². The van der Waals surface area contributed by atoms with Crippen LogP contribution in [0, 0.1) is 17.6 Å². The van der Waals surface area contributed by atoms with Crippen LogP contribution < -0.4 is 19.9 Å². The third kappa shape index (κ3) is 4.08. The van der Waals surface area contributed by atoms with E-state index >= 15 is 0 Å². The Morgan fingerprint density at radius 2 is 1.93 bits per heavy atom. The van der Waals surface area contributed by atoms with Crippen molar-refractivity contribution in [3.8, 4) is 5.75 Å². The van der Waals surface area contributed by atoms with Gasteiger partial charge in [0, 0.05) is 31.4 Å². The van der Waals surface area contributed by atoms with Crippen LogP contribution in [-0.4, -0.2) is 42.6 Å². The highest BCUT2D eigenvalue weighted by Crippen LogP contribution is 2.35. The molecular weight excluding hydrogens is 380 g/mol. The Labute approximate surface area is 168 Å². The summed E-state index contributed by atoms with van der Waals surface area (Å²) in [5.74, 6) is -0.897. The summed E-state index contributed by atoms with van der Waals surface area (Å²) >= 11 is 0. The van der Waals surface area contributed by atoms with Crippen molar-refractivity contribution >= 4 is 29.0 Å². The largest absolute Gasteiger partial charge is 0.491 e. The van der Waals surface area contributed by atoms with Gasteiger partial charge in [0.1, 0.15) is 11.7 Å². The molecule has 1 aliphatic heterocycles. The Kier molecular flexibility index (Phi) is 5.86. The number of aromatic nitrogens is 2. The lowest BCUT2D eigenvalue weighted by molar-refractivity contribution is -0.119. The van der Waals surface area contributed by atoms with E-state index in [1.54, 1.807) is 7.05 Å². The number of rotatable bonds is 6.